The fraction of sp³-hybridized carbons (Fsp3) is 0.118. The molecule has 3 rings (SSSR count). The topological polar surface area (TPSA) is 51.0 Å². The smallest absolute Gasteiger partial charge is 0.276 e. The maximum absolute atomic E-state index is 12.7. The summed E-state index contributed by atoms with van der Waals surface area (Å²) in [7, 11) is 3.50. The summed E-state index contributed by atoms with van der Waals surface area (Å²) in [5.41, 5.74) is 1.19. The lowest BCUT2D eigenvalue weighted by molar-refractivity contribution is 0.0984. The predicted molar refractivity (Wildman–Crippen MR) is 101 cm³/mol. The average molecular weight is 393 g/mol. The monoisotopic (exact) mass is 392 g/mol. The Morgan fingerprint density at radius 1 is 1.20 bits per heavy atom. The summed E-state index contributed by atoms with van der Waals surface area (Å²) < 4.78 is 1.74. The number of benzene rings is 1. The standard InChI is InChI=1S/C17H14Cl2N4OS/c1-22(13-4-3-5-20-9-13)16(24)15-10-21-17(23(15)2)25-14-7-11(18)6-12(19)8-14/h3-10H,1-2H3. The number of aromatic nitrogens is 3. The number of rotatable bonds is 4. The molecule has 0 spiro atoms. The molecule has 0 saturated carbocycles. The highest BCUT2D eigenvalue weighted by Gasteiger charge is 2.19. The SMILES string of the molecule is CN(C(=O)c1cnc(Sc2cc(Cl)cc(Cl)c2)n1C)c1cccnc1. The summed E-state index contributed by atoms with van der Waals surface area (Å²) >= 11 is 13.4. The Kier molecular flexibility index (Phi) is 5.32. The van der Waals surface area contributed by atoms with Crippen molar-refractivity contribution in [1.29, 1.82) is 0 Å². The Hall–Kier alpha value is -2.02. The van der Waals surface area contributed by atoms with Crippen LogP contribution in [0.4, 0.5) is 5.69 Å². The predicted octanol–water partition coefficient (Wildman–Crippen LogP) is 4.55. The Morgan fingerprint density at radius 3 is 2.56 bits per heavy atom. The molecule has 8 heteroatoms. The lowest BCUT2D eigenvalue weighted by atomic mass is 10.3. The van der Waals surface area contributed by atoms with Crippen molar-refractivity contribution in [2.24, 2.45) is 7.05 Å². The minimum atomic E-state index is -0.168. The molecule has 0 bridgehead atoms. The third kappa shape index (κ3) is 3.98. The van der Waals surface area contributed by atoms with Gasteiger partial charge in [-0.1, -0.05) is 35.0 Å². The minimum absolute atomic E-state index is 0.168. The average Bonchev–Trinajstić information content (AvgIpc) is 2.94. The Labute approximate surface area is 159 Å². The van der Waals surface area contributed by atoms with E-state index in [-0.39, 0.29) is 5.91 Å². The van der Waals surface area contributed by atoms with E-state index in [1.165, 1.54) is 16.7 Å². The normalized spacial score (nSPS) is 10.7. The van der Waals surface area contributed by atoms with Gasteiger partial charge < -0.3 is 9.47 Å². The molecule has 0 N–H and O–H groups in total. The molecule has 0 saturated heterocycles. The lowest BCUT2D eigenvalue weighted by Gasteiger charge is -2.17. The Bertz CT molecular complexity index is 894. The van der Waals surface area contributed by atoms with Crippen molar-refractivity contribution in [3.8, 4) is 0 Å². The molecule has 1 aromatic carbocycles. The van der Waals surface area contributed by atoms with Gasteiger partial charge in [0.2, 0.25) is 0 Å². The van der Waals surface area contributed by atoms with Crippen molar-refractivity contribution in [3.63, 3.8) is 0 Å². The number of carbonyl (C=O) groups is 1. The van der Waals surface area contributed by atoms with Crippen LogP contribution in [0.3, 0.4) is 0 Å². The van der Waals surface area contributed by atoms with Crippen LogP contribution >= 0.6 is 35.0 Å². The van der Waals surface area contributed by atoms with Gasteiger partial charge in [-0.05, 0) is 30.3 Å². The summed E-state index contributed by atoms with van der Waals surface area (Å²) in [6, 6.07) is 8.88. The highest BCUT2D eigenvalue weighted by molar-refractivity contribution is 7.99. The largest absolute Gasteiger partial charge is 0.318 e. The summed E-state index contributed by atoms with van der Waals surface area (Å²) in [5, 5.41) is 1.77. The van der Waals surface area contributed by atoms with Crippen LogP contribution in [-0.4, -0.2) is 27.5 Å². The van der Waals surface area contributed by atoms with E-state index in [1.807, 2.05) is 6.07 Å². The summed E-state index contributed by atoms with van der Waals surface area (Å²) in [6.07, 6.45) is 4.86. The molecule has 5 nitrogen and oxygen atoms in total. The zero-order chi connectivity index (χ0) is 18.0. The second-order valence-corrected chi connectivity index (χ2v) is 7.18. The first-order chi connectivity index (χ1) is 12.0. The molecular weight excluding hydrogens is 379 g/mol. The number of anilines is 1. The van der Waals surface area contributed by atoms with Gasteiger partial charge in [-0.25, -0.2) is 4.98 Å². The number of amides is 1. The van der Waals surface area contributed by atoms with Crippen LogP contribution in [0.15, 0.2) is 59.0 Å². The molecule has 2 heterocycles. The highest BCUT2D eigenvalue weighted by atomic mass is 35.5. The maximum Gasteiger partial charge on any atom is 0.276 e. The molecule has 0 aliphatic rings. The van der Waals surface area contributed by atoms with Crippen LogP contribution in [-0.2, 0) is 7.05 Å². The van der Waals surface area contributed by atoms with E-state index in [2.05, 4.69) is 9.97 Å². The van der Waals surface area contributed by atoms with Crippen LogP contribution in [0.5, 0.6) is 0 Å². The van der Waals surface area contributed by atoms with Crippen molar-refractivity contribution in [2.45, 2.75) is 10.1 Å². The van der Waals surface area contributed by atoms with Crippen LogP contribution in [0.1, 0.15) is 10.5 Å². The molecule has 2 aromatic heterocycles. The number of halogens is 2. The number of imidazole rings is 1. The Morgan fingerprint density at radius 2 is 1.92 bits per heavy atom. The number of pyridine rings is 1. The van der Waals surface area contributed by atoms with Crippen LogP contribution in [0.2, 0.25) is 10.0 Å². The molecule has 3 aromatic rings. The molecule has 25 heavy (non-hydrogen) atoms. The molecule has 0 aliphatic heterocycles. The van der Waals surface area contributed by atoms with Crippen molar-refractivity contribution < 1.29 is 4.79 Å². The van der Waals surface area contributed by atoms with Crippen LogP contribution in [0.25, 0.3) is 0 Å². The summed E-state index contributed by atoms with van der Waals surface area (Å²) in [6.45, 7) is 0. The van der Waals surface area contributed by atoms with E-state index in [9.17, 15) is 4.79 Å². The zero-order valence-electron chi connectivity index (χ0n) is 13.5. The molecule has 0 fully saturated rings. The maximum atomic E-state index is 12.7. The van der Waals surface area contributed by atoms with E-state index < -0.39 is 0 Å². The van der Waals surface area contributed by atoms with Gasteiger partial charge in [0.15, 0.2) is 5.16 Å². The van der Waals surface area contributed by atoms with Gasteiger partial charge >= 0.3 is 0 Å². The first-order valence-electron chi connectivity index (χ1n) is 7.29. The second-order valence-electron chi connectivity index (χ2n) is 5.27. The van der Waals surface area contributed by atoms with Crippen molar-refractivity contribution >= 4 is 46.6 Å². The summed E-state index contributed by atoms with van der Waals surface area (Å²) in [5.74, 6) is -0.168. The van der Waals surface area contributed by atoms with Crippen molar-refractivity contribution in [3.05, 3.63) is 64.7 Å². The quantitative estimate of drug-likeness (QED) is 0.653. The van der Waals surface area contributed by atoms with E-state index in [0.29, 0.717) is 26.6 Å². The zero-order valence-corrected chi connectivity index (χ0v) is 15.8. The minimum Gasteiger partial charge on any atom is -0.318 e. The molecule has 0 atom stereocenters. The molecule has 0 unspecified atom stereocenters. The van der Waals surface area contributed by atoms with Gasteiger partial charge in [0.1, 0.15) is 5.69 Å². The van der Waals surface area contributed by atoms with Gasteiger partial charge in [-0.15, -0.1) is 0 Å². The highest BCUT2D eigenvalue weighted by Crippen LogP contribution is 2.31. The molecule has 0 radical (unpaired) electrons. The molecule has 0 aliphatic carbocycles. The number of hydrogen-bond donors (Lipinski definition) is 0. The summed E-state index contributed by atoms with van der Waals surface area (Å²) in [4.78, 5) is 23.5. The van der Waals surface area contributed by atoms with E-state index in [4.69, 9.17) is 23.2 Å². The van der Waals surface area contributed by atoms with Gasteiger partial charge in [0.25, 0.3) is 5.91 Å². The molecule has 128 valence electrons. The van der Waals surface area contributed by atoms with Gasteiger partial charge in [0.05, 0.1) is 18.1 Å². The fourth-order valence-corrected chi connectivity index (χ4v) is 3.80. The van der Waals surface area contributed by atoms with Crippen molar-refractivity contribution in [1.82, 2.24) is 14.5 Å². The van der Waals surface area contributed by atoms with E-state index in [1.54, 1.807) is 61.5 Å². The number of hydrogen-bond acceptors (Lipinski definition) is 4. The first kappa shape index (κ1) is 17.8. The van der Waals surface area contributed by atoms with Gasteiger partial charge in [0, 0.05) is 35.2 Å². The first-order valence-corrected chi connectivity index (χ1v) is 8.86. The molecule has 1 amide bonds. The molecular formula is C17H14Cl2N4OS. The third-order valence-electron chi connectivity index (χ3n) is 3.55. The fourth-order valence-electron chi connectivity index (χ4n) is 2.22. The van der Waals surface area contributed by atoms with Gasteiger partial charge in [-0.3, -0.25) is 9.78 Å². The lowest BCUT2D eigenvalue weighted by Crippen LogP contribution is -2.28. The Balaban J connectivity index is 1.84. The number of nitrogens with zero attached hydrogens (tertiary/aromatic N) is 4. The van der Waals surface area contributed by atoms with Crippen LogP contribution < -0.4 is 4.90 Å². The van der Waals surface area contributed by atoms with E-state index in [0.717, 1.165) is 4.90 Å². The van der Waals surface area contributed by atoms with Crippen LogP contribution in [0, 0.1) is 0 Å². The third-order valence-corrected chi connectivity index (χ3v) is 5.02. The second kappa shape index (κ2) is 7.47. The van der Waals surface area contributed by atoms with Crippen molar-refractivity contribution in [2.75, 3.05) is 11.9 Å². The van der Waals surface area contributed by atoms with E-state index >= 15 is 0 Å². The number of carbonyl (C=O) groups excluding carboxylic acids is 1. The van der Waals surface area contributed by atoms with Gasteiger partial charge in [-0.2, -0.15) is 0 Å².